The summed E-state index contributed by atoms with van der Waals surface area (Å²) in [6.07, 6.45) is 0. The number of aryl methyl sites for hydroxylation is 3. The molecular weight excluding hydrogens is 346 g/mol. The summed E-state index contributed by atoms with van der Waals surface area (Å²) in [4.78, 5) is 14.0. The molecule has 0 bridgehead atoms. The van der Waals surface area contributed by atoms with E-state index in [4.69, 9.17) is 4.74 Å². The van der Waals surface area contributed by atoms with Gasteiger partial charge in [0.05, 0.1) is 0 Å². The number of benzene rings is 3. The summed E-state index contributed by atoms with van der Waals surface area (Å²) in [6.45, 7) is 11.4. The zero-order valence-electron chi connectivity index (χ0n) is 16.8. The van der Waals surface area contributed by atoms with E-state index in [-0.39, 0.29) is 0 Å². The van der Waals surface area contributed by atoms with E-state index >= 15 is 0 Å². The molecule has 3 nitrogen and oxygen atoms in total. The lowest BCUT2D eigenvalue weighted by atomic mass is 10.1. The Morgan fingerprint density at radius 1 is 0.786 bits per heavy atom. The molecule has 3 aromatic rings. The van der Waals surface area contributed by atoms with E-state index in [1.165, 1.54) is 11.1 Å². The van der Waals surface area contributed by atoms with E-state index in [0.717, 1.165) is 22.6 Å². The van der Waals surface area contributed by atoms with Gasteiger partial charge in [-0.2, -0.15) is 0 Å². The maximum absolute atomic E-state index is 11.9. The molecule has 28 heavy (non-hydrogen) atoms. The highest BCUT2D eigenvalue weighted by atomic mass is 16.5. The molecule has 0 aromatic heterocycles. The third kappa shape index (κ3) is 4.32. The lowest BCUT2D eigenvalue weighted by Gasteiger charge is -2.26. The summed E-state index contributed by atoms with van der Waals surface area (Å²) in [7, 11) is 0. The van der Waals surface area contributed by atoms with Crippen LogP contribution in [0.15, 0.2) is 78.9 Å². The van der Waals surface area contributed by atoms with Gasteiger partial charge >= 0.3 is 5.97 Å². The number of rotatable bonds is 5. The fourth-order valence-corrected chi connectivity index (χ4v) is 2.91. The van der Waals surface area contributed by atoms with Crippen LogP contribution in [0.4, 0.5) is 17.1 Å². The lowest BCUT2D eigenvalue weighted by Crippen LogP contribution is -2.12. The third-order valence-corrected chi connectivity index (χ3v) is 4.55. The molecule has 0 saturated heterocycles. The second-order valence-corrected chi connectivity index (χ2v) is 7.13. The fraction of sp³-hybridized carbons (Fsp3) is 0.160. The van der Waals surface area contributed by atoms with Crippen LogP contribution in [0.5, 0.6) is 5.75 Å². The Labute approximate surface area is 166 Å². The predicted molar refractivity (Wildman–Crippen MR) is 116 cm³/mol. The van der Waals surface area contributed by atoms with Crippen LogP contribution < -0.4 is 9.64 Å². The minimum absolute atomic E-state index is 0.379. The predicted octanol–water partition coefficient (Wildman–Crippen LogP) is 6.56. The second kappa shape index (κ2) is 8.13. The van der Waals surface area contributed by atoms with Crippen LogP contribution in [0.25, 0.3) is 0 Å². The molecule has 0 unspecified atom stereocenters. The quantitative estimate of drug-likeness (QED) is 0.289. The number of anilines is 3. The van der Waals surface area contributed by atoms with E-state index in [0.29, 0.717) is 11.3 Å². The van der Waals surface area contributed by atoms with Crippen LogP contribution in [-0.2, 0) is 4.79 Å². The molecule has 3 rings (SSSR count). The summed E-state index contributed by atoms with van der Waals surface area (Å²) in [5.74, 6) is 0.134. The third-order valence-electron chi connectivity index (χ3n) is 4.55. The minimum atomic E-state index is -0.412. The zero-order chi connectivity index (χ0) is 20.3. The molecule has 0 atom stereocenters. The van der Waals surface area contributed by atoms with Crippen molar-refractivity contribution in [3.63, 3.8) is 0 Å². The van der Waals surface area contributed by atoms with Crippen molar-refractivity contribution in [1.29, 1.82) is 0 Å². The molecule has 3 aromatic carbocycles. The van der Waals surface area contributed by atoms with Crippen molar-refractivity contribution in [3.8, 4) is 5.75 Å². The van der Waals surface area contributed by atoms with Crippen LogP contribution >= 0.6 is 0 Å². The highest BCUT2D eigenvalue weighted by molar-refractivity contribution is 5.89. The van der Waals surface area contributed by atoms with Crippen molar-refractivity contribution < 1.29 is 9.53 Å². The van der Waals surface area contributed by atoms with Crippen LogP contribution in [0.1, 0.15) is 23.6 Å². The van der Waals surface area contributed by atoms with Crippen LogP contribution in [0.2, 0.25) is 0 Å². The topological polar surface area (TPSA) is 29.5 Å². The van der Waals surface area contributed by atoms with Gasteiger partial charge in [0, 0.05) is 22.6 Å². The molecular formula is C25H25NO2. The van der Waals surface area contributed by atoms with Crippen molar-refractivity contribution in [1.82, 2.24) is 0 Å². The smallest absolute Gasteiger partial charge is 0.338 e. The highest BCUT2D eigenvalue weighted by Gasteiger charge is 2.15. The van der Waals surface area contributed by atoms with Crippen molar-refractivity contribution in [2.75, 3.05) is 4.90 Å². The number of hydrogen-bond acceptors (Lipinski definition) is 3. The van der Waals surface area contributed by atoms with Crippen LogP contribution in [0.3, 0.4) is 0 Å². The summed E-state index contributed by atoms with van der Waals surface area (Å²) < 4.78 is 5.43. The van der Waals surface area contributed by atoms with Gasteiger partial charge in [-0.3, -0.25) is 0 Å². The van der Waals surface area contributed by atoms with Gasteiger partial charge < -0.3 is 9.64 Å². The van der Waals surface area contributed by atoms with Gasteiger partial charge in [0.1, 0.15) is 5.75 Å². The maximum Gasteiger partial charge on any atom is 0.338 e. The molecule has 0 amide bonds. The second-order valence-electron chi connectivity index (χ2n) is 7.13. The summed E-state index contributed by atoms with van der Waals surface area (Å²) in [5.41, 5.74) is 6.83. The molecule has 0 N–H and O–H groups in total. The van der Waals surface area contributed by atoms with Crippen molar-refractivity contribution in [2.45, 2.75) is 27.7 Å². The molecule has 142 valence electrons. The molecule has 0 spiro atoms. The first kappa shape index (κ1) is 19.4. The average Bonchev–Trinajstić information content (AvgIpc) is 2.67. The lowest BCUT2D eigenvalue weighted by molar-refractivity contribution is -0.130. The monoisotopic (exact) mass is 371 g/mol. The van der Waals surface area contributed by atoms with Gasteiger partial charge in [0.2, 0.25) is 0 Å². The number of nitrogens with zero attached hydrogens (tertiary/aromatic N) is 1. The number of hydrogen-bond donors (Lipinski definition) is 0. The Hall–Kier alpha value is -3.33. The van der Waals surface area contributed by atoms with Crippen LogP contribution in [-0.4, -0.2) is 5.97 Å². The fourth-order valence-electron chi connectivity index (χ4n) is 2.91. The first-order chi connectivity index (χ1) is 13.3. The van der Waals surface area contributed by atoms with Crippen molar-refractivity contribution in [3.05, 3.63) is 95.6 Å². The van der Waals surface area contributed by atoms with E-state index in [1.54, 1.807) is 6.92 Å². The van der Waals surface area contributed by atoms with Crippen molar-refractivity contribution >= 4 is 23.0 Å². The number of ether oxygens (including phenoxy) is 1. The Bertz CT molecular complexity index is 956. The molecule has 0 radical (unpaired) electrons. The first-order valence-corrected chi connectivity index (χ1v) is 9.27. The Kier molecular flexibility index (Phi) is 5.65. The van der Waals surface area contributed by atoms with Gasteiger partial charge in [0.15, 0.2) is 0 Å². The van der Waals surface area contributed by atoms with E-state index in [2.05, 4.69) is 73.9 Å². The normalized spacial score (nSPS) is 10.4. The van der Waals surface area contributed by atoms with Crippen molar-refractivity contribution in [2.24, 2.45) is 0 Å². The molecule has 0 saturated carbocycles. The molecule has 0 heterocycles. The average molecular weight is 371 g/mol. The largest absolute Gasteiger partial charge is 0.423 e. The Balaban J connectivity index is 2.04. The van der Waals surface area contributed by atoms with Gasteiger partial charge in [-0.05, 0) is 75.7 Å². The number of esters is 1. The molecule has 0 aliphatic heterocycles. The van der Waals surface area contributed by atoms with Gasteiger partial charge in [-0.1, -0.05) is 42.0 Å². The van der Waals surface area contributed by atoms with E-state index < -0.39 is 5.97 Å². The number of carbonyl (C=O) groups excluding carboxylic acids is 1. The number of carbonyl (C=O) groups is 1. The summed E-state index contributed by atoms with van der Waals surface area (Å²) in [5, 5.41) is 0. The zero-order valence-corrected chi connectivity index (χ0v) is 16.8. The van der Waals surface area contributed by atoms with E-state index in [1.807, 2.05) is 25.1 Å². The highest BCUT2D eigenvalue weighted by Crippen LogP contribution is 2.36. The molecule has 3 heteroatoms. The summed E-state index contributed by atoms with van der Waals surface area (Å²) in [6, 6.07) is 22.7. The van der Waals surface area contributed by atoms with Crippen LogP contribution in [0, 0.1) is 20.8 Å². The standard InChI is InChI=1S/C25H25NO2/c1-17(2)25(27)28-24-15-14-23(16-20(24)5)26(21-10-6-18(3)7-11-21)22-12-8-19(4)9-13-22/h6-16H,1H2,2-5H3. The SMILES string of the molecule is C=C(C)C(=O)Oc1ccc(N(c2ccc(C)cc2)c2ccc(C)cc2)cc1C. The van der Waals surface area contributed by atoms with Gasteiger partial charge in [-0.25, -0.2) is 4.79 Å². The summed E-state index contributed by atoms with van der Waals surface area (Å²) >= 11 is 0. The minimum Gasteiger partial charge on any atom is -0.423 e. The molecule has 0 fully saturated rings. The molecule has 0 aliphatic carbocycles. The Morgan fingerprint density at radius 2 is 1.25 bits per heavy atom. The molecule has 0 aliphatic rings. The Morgan fingerprint density at radius 3 is 1.68 bits per heavy atom. The van der Waals surface area contributed by atoms with Gasteiger partial charge in [-0.15, -0.1) is 0 Å². The maximum atomic E-state index is 11.9. The first-order valence-electron chi connectivity index (χ1n) is 9.27. The van der Waals surface area contributed by atoms with E-state index in [9.17, 15) is 4.79 Å². The van der Waals surface area contributed by atoms with Gasteiger partial charge in [0.25, 0.3) is 0 Å².